The second-order valence-corrected chi connectivity index (χ2v) is 7.82. The summed E-state index contributed by atoms with van der Waals surface area (Å²) in [6, 6.07) is 1.78. The van der Waals surface area contributed by atoms with Gasteiger partial charge in [-0.1, -0.05) is 6.42 Å². The van der Waals surface area contributed by atoms with Gasteiger partial charge in [-0.05, 0) is 48.7 Å². The zero-order valence-corrected chi connectivity index (χ0v) is 14.4. The Balaban J connectivity index is 2.32. The summed E-state index contributed by atoms with van der Waals surface area (Å²) in [5, 5.41) is 1.79. The molecule has 2 rings (SSSR count). The summed E-state index contributed by atoms with van der Waals surface area (Å²) < 4.78 is 25.8. The van der Waals surface area contributed by atoms with Crippen LogP contribution in [0.15, 0.2) is 21.6 Å². The number of sulfonamides is 1. The van der Waals surface area contributed by atoms with Crippen LogP contribution in [0.2, 0.25) is 0 Å². The van der Waals surface area contributed by atoms with E-state index in [0.717, 1.165) is 19.3 Å². The molecule has 1 aliphatic rings. The maximum Gasteiger partial charge on any atom is 0.257 e. The number of pyridine rings is 1. The van der Waals surface area contributed by atoms with Crippen molar-refractivity contribution in [3.63, 3.8) is 0 Å². The minimum absolute atomic E-state index is 0.0179. The first-order chi connectivity index (χ1) is 9.85. The van der Waals surface area contributed by atoms with E-state index in [-0.39, 0.29) is 22.8 Å². The predicted octanol–water partition coefficient (Wildman–Crippen LogP) is 1.59. The number of nitrogens with two attached hydrogens (primary N) is 1. The van der Waals surface area contributed by atoms with Crippen LogP contribution >= 0.6 is 15.9 Å². The molecule has 0 aromatic carbocycles. The molecule has 2 heterocycles. The fourth-order valence-corrected chi connectivity index (χ4v) is 4.39. The Morgan fingerprint density at radius 3 is 2.57 bits per heavy atom. The Kier molecular flexibility index (Phi) is 5.20. The number of aromatic nitrogens is 1. The molecule has 21 heavy (non-hydrogen) atoms. The standard InChI is InChI=1S/C12H20BrN5O2S/c1-8-4-3-5-9(2)18(8)17-21(19,20)11-6-10(13)7-15-12(11)16-14/h6-9,17H,3-5,14H2,1-2H3,(H,15,16). The number of halogens is 1. The smallest absolute Gasteiger partial charge is 0.257 e. The third-order valence-corrected chi connectivity index (χ3v) is 5.44. The molecular weight excluding hydrogens is 358 g/mol. The van der Waals surface area contributed by atoms with Crippen molar-refractivity contribution in [2.45, 2.75) is 50.1 Å². The van der Waals surface area contributed by atoms with Crippen molar-refractivity contribution in [1.29, 1.82) is 0 Å². The van der Waals surface area contributed by atoms with Crippen LogP contribution in [-0.2, 0) is 10.0 Å². The number of hydrogen-bond acceptors (Lipinski definition) is 6. The molecule has 7 nitrogen and oxygen atoms in total. The number of anilines is 1. The van der Waals surface area contributed by atoms with Crippen molar-refractivity contribution in [2.75, 3.05) is 5.43 Å². The molecular formula is C12H20BrN5O2S. The van der Waals surface area contributed by atoms with E-state index in [1.807, 2.05) is 13.8 Å². The van der Waals surface area contributed by atoms with Crippen LogP contribution in [0.3, 0.4) is 0 Å². The van der Waals surface area contributed by atoms with E-state index >= 15 is 0 Å². The number of rotatable bonds is 4. The summed E-state index contributed by atoms with van der Waals surface area (Å²) >= 11 is 3.23. The summed E-state index contributed by atoms with van der Waals surface area (Å²) in [5.41, 5.74) is 2.32. The minimum Gasteiger partial charge on any atom is -0.307 e. The molecule has 4 N–H and O–H groups in total. The average molecular weight is 378 g/mol. The molecule has 0 aliphatic carbocycles. The monoisotopic (exact) mass is 377 g/mol. The predicted molar refractivity (Wildman–Crippen MR) is 84.7 cm³/mol. The lowest BCUT2D eigenvalue weighted by molar-refractivity contribution is 0.0790. The van der Waals surface area contributed by atoms with Gasteiger partial charge in [0.2, 0.25) is 0 Å². The highest BCUT2D eigenvalue weighted by molar-refractivity contribution is 9.10. The minimum atomic E-state index is -3.75. The molecule has 1 aromatic rings. The number of hydrogen-bond donors (Lipinski definition) is 3. The van der Waals surface area contributed by atoms with Crippen LogP contribution < -0.4 is 16.1 Å². The highest BCUT2D eigenvalue weighted by Gasteiger charge is 2.30. The maximum atomic E-state index is 12.6. The van der Waals surface area contributed by atoms with Crippen molar-refractivity contribution < 1.29 is 8.42 Å². The summed E-state index contributed by atoms with van der Waals surface area (Å²) in [7, 11) is -3.75. The molecule has 1 aliphatic heterocycles. The van der Waals surface area contributed by atoms with E-state index in [2.05, 4.69) is 31.2 Å². The summed E-state index contributed by atoms with van der Waals surface area (Å²) in [5.74, 6) is 5.47. The molecule has 2 unspecified atom stereocenters. The largest absolute Gasteiger partial charge is 0.307 e. The molecule has 118 valence electrons. The molecule has 0 radical (unpaired) electrons. The highest BCUT2D eigenvalue weighted by Crippen LogP contribution is 2.25. The summed E-state index contributed by atoms with van der Waals surface area (Å²) in [6.07, 6.45) is 4.52. The van der Waals surface area contributed by atoms with Gasteiger partial charge in [-0.2, -0.15) is 0 Å². The Bertz CT molecular complexity index is 600. The van der Waals surface area contributed by atoms with Gasteiger partial charge in [0.05, 0.1) is 0 Å². The van der Waals surface area contributed by atoms with Gasteiger partial charge in [0, 0.05) is 22.8 Å². The quantitative estimate of drug-likeness (QED) is 0.544. The van der Waals surface area contributed by atoms with Crippen molar-refractivity contribution in [3.8, 4) is 0 Å². The van der Waals surface area contributed by atoms with Crippen molar-refractivity contribution in [2.24, 2.45) is 5.84 Å². The molecule has 0 saturated carbocycles. The second kappa shape index (κ2) is 6.57. The van der Waals surface area contributed by atoms with Gasteiger partial charge in [-0.25, -0.2) is 24.3 Å². The topological polar surface area (TPSA) is 100 Å². The fraction of sp³-hybridized carbons (Fsp3) is 0.583. The van der Waals surface area contributed by atoms with Gasteiger partial charge in [-0.15, -0.1) is 4.83 Å². The number of nitrogens with one attached hydrogen (secondary N) is 2. The summed E-state index contributed by atoms with van der Waals surface area (Å²) in [4.78, 5) is 6.65. The van der Waals surface area contributed by atoms with E-state index in [0.29, 0.717) is 4.47 Å². The number of piperidine rings is 1. The molecule has 0 bridgehead atoms. The number of nitrogen functional groups attached to an aromatic ring is 1. The molecule has 1 aromatic heterocycles. The molecule has 1 fully saturated rings. The third kappa shape index (κ3) is 3.72. The van der Waals surface area contributed by atoms with Gasteiger partial charge >= 0.3 is 0 Å². The first kappa shape index (κ1) is 16.6. The Morgan fingerprint density at radius 2 is 2.00 bits per heavy atom. The van der Waals surface area contributed by atoms with Crippen LogP contribution in [-0.4, -0.2) is 30.5 Å². The van der Waals surface area contributed by atoms with Gasteiger partial charge in [0.15, 0.2) is 5.82 Å². The third-order valence-electron chi connectivity index (χ3n) is 3.66. The van der Waals surface area contributed by atoms with E-state index in [9.17, 15) is 8.42 Å². The van der Waals surface area contributed by atoms with Crippen molar-refractivity contribution >= 4 is 31.8 Å². The van der Waals surface area contributed by atoms with Gasteiger partial charge in [0.1, 0.15) is 4.90 Å². The van der Waals surface area contributed by atoms with Crippen LogP contribution in [0.4, 0.5) is 5.82 Å². The van der Waals surface area contributed by atoms with Gasteiger partial charge < -0.3 is 5.43 Å². The van der Waals surface area contributed by atoms with Gasteiger partial charge in [0.25, 0.3) is 10.0 Å². The van der Waals surface area contributed by atoms with E-state index < -0.39 is 10.0 Å². The number of nitrogens with zero attached hydrogens (tertiary/aromatic N) is 2. The van der Waals surface area contributed by atoms with Crippen molar-refractivity contribution in [3.05, 3.63) is 16.7 Å². The molecule has 0 amide bonds. The Hall–Kier alpha value is -0.740. The lowest BCUT2D eigenvalue weighted by Gasteiger charge is -2.38. The van der Waals surface area contributed by atoms with E-state index in [1.54, 1.807) is 5.01 Å². The highest BCUT2D eigenvalue weighted by atomic mass is 79.9. The first-order valence-corrected chi connectivity index (χ1v) is 9.05. The lowest BCUT2D eigenvalue weighted by atomic mass is 10.0. The summed E-state index contributed by atoms with van der Waals surface area (Å²) in [6.45, 7) is 4.03. The zero-order valence-electron chi connectivity index (χ0n) is 12.0. The van der Waals surface area contributed by atoms with Crippen LogP contribution in [0.5, 0.6) is 0 Å². The average Bonchev–Trinajstić information content (AvgIpc) is 2.43. The van der Waals surface area contributed by atoms with Crippen LogP contribution in [0, 0.1) is 0 Å². The lowest BCUT2D eigenvalue weighted by Crippen LogP contribution is -2.54. The first-order valence-electron chi connectivity index (χ1n) is 6.78. The normalized spacial score (nSPS) is 24.0. The van der Waals surface area contributed by atoms with Gasteiger partial charge in [-0.3, -0.25) is 0 Å². The Labute approximate surface area is 133 Å². The fourth-order valence-electron chi connectivity index (χ4n) is 2.52. The maximum absolute atomic E-state index is 12.6. The second-order valence-electron chi connectivity index (χ2n) is 5.28. The van der Waals surface area contributed by atoms with E-state index in [1.165, 1.54) is 12.3 Å². The molecule has 2 atom stereocenters. The van der Waals surface area contributed by atoms with Crippen LogP contribution in [0.1, 0.15) is 33.1 Å². The molecule has 1 saturated heterocycles. The van der Waals surface area contributed by atoms with Crippen LogP contribution in [0.25, 0.3) is 0 Å². The van der Waals surface area contributed by atoms with Crippen molar-refractivity contribution in [1.82, 2.24) is 14.8 Å². The SMILES string of the molecule is CC1CCCC(C)N1NS(=O)(=O)c1cc(Br)cnc1NN. The Morgan fingerprint density at radius 1 is 1.38 bits per heavy atom. The zero-order chi connectivity index (χ0) is 15.6. The molecule has 0 spiro atoms. The number of hydrazine groups is 2. The molecule has 9 heteroatoms. The van der Waals surface area contributed by atoms with E-state index in [4.69, 9.17) is 5.84 Å².